The fraction of sp³-hybridized carbons (Fsp3) is 0.409. The molecule has 8 heteroatoms. The molecule has 6 rings (SSSR count). The van der Waals surface area contributed by atoms with Gasteiger partial charge in [0.2, 0.25) is 0 Å². The molecule has 4 aromatic rings. The molecule has 0 saturated carbocycles. The lowest BCUT2D eigenvalue weighted by atomic mass is 9.99. The number of nitrogens with zero attached hydrogens (tertiary/aromatic N) is 2. The van der Waals surface area contributed by atoms with Crippen LogP contribution in [0.25, 0.3) is 0 Å². The second kappa shape index (κ2) is 19.8. The van der Waals surface area contributed by atoms with E-state index in [4.69, 9.17) is 9.47 Å². The van der Waals surface area contributed by atoms with Crippen molar-refractivity contribution < 1.29 is 19.1 Å². The van der Waals surface area contributed by atoms with Gasteiger partial charge in [0.05, 0.1) is 12.1 Å². The summed E-state index contributed by atoms with van der Waals surface area (Å²) in [5.74, 6) is 0. The van der Waals surface area contributed by atoms with E-state index in [0.29, 0.717) is 0 Å². The summed E-state index contributed by atoms with van der Waals surface area (Å²) in [6.45, 7) is 6.06. The van der Waals surface area contributed by atoms with Gasteiger partial charge in [0.1, 0.15) is 12.2 Å². The Hall–Kier alpha value is -4.66. The molecule has 8 nitrogen and oxygen atoms in total. The Morgan fingerprint density at radius 2 is 0.769 bits per heavy atom. The maximum atomic E-state index is 12.9. The summed E-state index contributed by atoms with van der Waals surface area (Å²) in [5, 5.41) is 6.22. The maximum absolute atomic E-state index is 12.9. The number of likely N-dealkylation sites (tertiary alicyclic amines) is 2. The first-order valence-electron chi connectivity index (χ1n) is 19.2. The first-order chi connectivity index (χ1) is 25.6. The van der Waals surface area contributed by atoms with Crippen LogP contribution in [0.1, 0.15) is 85.7 Å². The number of piperidine rings is 2. The number of hydrogen-bond donors (Lipinski definition) is 2. The van der Waals surface area contributed by atoms with Crippen LogP contribution < -0.4 is 10.6 Å². The van der Waals surface area contributed by atoms with Crippen LogP contribution in [0.4, 0.5) is 9.59 Å². The van der Waals surface area contributed by atoms with E-state index in [-0.39, 0.29) is 36.5 Å². The fourth-order valence-corrected chi connectivity index (χ4v) is 7.43. The third kappa shape index (κ3) is 11.4. The Morgan fingerprint density at radius 1 is 0.481 bits per heavy atom. The molecule has 2 heterocycles. The van der Waals surface area contributed by atoms with Crippen molar-refractivity contribution in [3.8, 4) is 0 Å². The van der Waals surface area contributed by atoms with Crippen molar-refractivity contribution in [1.29, 1.82) is 0 Å². The Balaban J connectivity index is 0.812. The minimum atomic E-state index is -0.353. The molecule has 274 valence electrons. The van der Waals surface area contributed by atoms with Gasteiger partial charge in [-0.1, -0.05) is 134 Å². The Labute approximate surface area is 309 Å². The summed E-state index contributed by atoms with van der Waals surface area (Å²) in [6.07, 6.45) is 7.52. The largest absolute Gasteiger partial charge is 0.446 e. The molecule has 0 bridgehead atoms. The standard InChI is InChI=1S/C44H54N4O4/c49-43(45-41(35-17-7-3-8-18-35)36-19-9-4-10-20-36)51-39-25-31-47(32-26-39)29-15-1-2-16-30-48-33-27-40(28-34-48)52-44(50)46-42(37-21-11-5-12-22-37)38-23-13-6-14-24-38/h3-14,17-24,39-42H,1-2,15-16,25-34H2,(H,45,49)(H,46,50). The van der Waals surface area contributed by atoms with Crippen molar-refractivity contribution in [2.45, 2.75) is 75.7 Å². The predicted octanol–water partition coefficient (Wildman–Crippen LogP) is 8.51. The molecule has 0 aromatic heterocycles. The van der Waals surface area contributed by atoms with Gasteiger partial charge in [-0.3, -0.25) is 0 Å². The molecule has 2 fully saturated rings. The SMILES string of the molecule is O=C(NC(c1ccccc1)c1ccccc1)OC1CCN(CCCCCCN2CCC(OC(=O)NC(c3ccccc3)c3ccccc3)CC2)CC1. The van der Waals surface area contributed by atoms with Crippen LogP contribution in [-0.4, -0.2) is 73.5 Å². The zero-order chi connectivity index (χ0) is 35.8. The van der Waals surface area contributed by atoms with E-state index in [1.54, 1.807) is 0 Å². The Kier molecular flexibility index (Phi) is 14.1. The quantitative estimate of drug-likeness (QED) is 0.121. The van der Waals surface area contributed by atoms with Crippen molar-refractivity contribution in [2.24, 2.45) is 0 Å². The van der Waals surface area contributed by atoms with E-state index in [2.05, 4.69) is 20.4 Å². The van der Waals surface area contributed by atoms with Gasteiger partial charge in [-0.15, -0.1) is 0 Å². The van der Waals surface area contributed by atoms with Crippen LogP contribution >= 0.6 is 0 Å². The number of amides is 2. The number of nitrogens with one attached hydrogen (secondary N) is 2. The van der Waals surface area contributed by atoms with Gasteiger partial charge in [-0.05, 0) is 73.9 Å². The van der Waals surface area contributed by atoms with Gasteiger partial charge < -0.3 is 29.9 Å². The summed E-state index contributed by atoms with van der Waals surface area (Å²) in [7, 11) is 0. The number of rotatable bonds is 15. The van der Waals surface area contributed by atoms with Crippen LogP contribution in [0.15, 0.2) is 121 Å². The van der Waals surface area contributed by atoms with Crippen molar-refractivity contribution in [3.63, 3.8) is 0 Å². The zero-order valence-corrected chi connectivity index (χ0v) is 30.3. The first-order valence-corrected chi connectivity index (χ1v) is 19.2. The molecule has 0 radical (unpaired) electrons. The summed E-state index contributed by atoms with van der Waals surface area (Å²) in [4.78, 5) is 30.9. The number of hydrogen-bond acceptors (Lipinski definition) is 6. The lowest BCUT2D eigenvalue weighted by Crippen LogP contribution is -2.40. The van der Waals surface area contributed by atoms with Crippen molar-refractivity contribution in [2.75, 3.05) is 39.3 Å². The molecule has 2 amide bonds. The van der Waals surface area contributed by atoms with Gasteiger partial charge in [0.25, 0.3) is 0 Å². The highest BCUT2D eigenvalue weighted by atomic mass is 16.6. The molecule has 2 N–H and O–H groups in total. The van der Waals surface area contributed by atoms with E-state index in [1.807, 2.05) is 121 Å². The summed E-state index contributed by atoms with van der Waals surface area (Å²) in [6, 6.07) is 39.7. The van der Waals surface area contributed by atoms with Gasteiger partial charge >= 0.3 is 12.2 Å². The van der Waals surface area contributed by atoms with Crippen molar-refractivity contribution in [1.82, 2.24) is 20.4 Å². The second-order valence-corrected chi connectivity index (χ2v) is 14.1. The fourth-order valence-electron chi connectivity index (χ4n) is 7.43. The first kappa shape index (κ1) is 37.1. The number of carbonyl (C=O) groups excluding carboxylic acids is 2. The van der Waals surface area contributed by atoms with Crippen LogP contribution in [-0.2, 0) is 9.47 Å². The highest BCUT2D eigenvalue weighted by Crippen LogP contribution is 2.24. The van der Waals surface area contributed by atoms with Crippen LogP contribution in [0, 0.1) is 0 Å². The van der Waals surface area contributed by atoms with Crippen molar-refractivity contribution >= 4 is 12.2 Å². The average molecular weight is 703 g/mol. The molecule has 2 saturated heterocycles. The minimum absolute atomic E-state index is 0.0483. The summed E-state index contributed by atoms with van der Waals surface area (Å²) in [5.41, 5.74) is 4.14. The maximum Gasteiger partial charge on any atom is 0.408 e. The van der Waals surface area contributed by atoms with Crippen LogP contribution in [0.2, 0.25) is 0 Å². The van der Waals surface area contributed by atoms with Gasteiger partial charge in [-0.25, -0.2) is 9.59 Å². The molecule has 2 aliphatic heterocycles. The normalized spacial score (nSPS) is 16.1. The number of alkyl carbamates (subject to hydrolysis) is 2. The minimum Gasteiger partial charge on any atom is -0.446 e. The Morgan fingerprint density at radius 3 is 1.06 bits per heavy atom. The van der Waals surface area contributed by atoms with Gasteiger partial charge in [0, 0.05) is 26.2 Å². The number of carbonyl (C=O) groups is 2. The lowest BCUT2D eigenvalue weighted by molar-refractivity contribution is 0.0477. The third-order valence-corrected chi connectivity index (χ3v) is 10.4. The molecule has 4 aromatic carbocycles. The molecule has 0 spiro atoms. The van der Waals surface area contributed by atoms with E-state index < -0.39 is 0 Å². The number of unbranched alkanes of at least 4 members (excludes halogenated alkanes) is 3. The smallest absolute Gasteiger partial charge is 0.408 e. The van der Waals surface area contributed by atoms with E-state index >= 15 is 0 Å². The monoisotopic (exact) mass is 702 g/mol. The number of ether oxygens (including phenoxy) is 2. The number of benzene rings is 4. The molecule has 52 heavy (non-hydrogen) atoms. The summed E-state index contributed by atoms with van der Waals surface area (Å²) < 4.78 is 11.8. The summed E-state index contributed by atoms with van der Waals surface area (Å²) >= 11 is 0. The molecule has 0 unspecified atom stereocenters. The molecule has 0 atom stereocenters. The molecular weight excluding hydrogens is 649 g/mol. The van der Waals surface area contributed by atoms with E-state index in [9.17, 15) is 9.59 Å². The van der Waals surface area contributed by atoms with E-state index in [0.717, 1.165) is 87.2 Å². The average Bonchev–Trinajstić information content (AvgIpc) is 3.20. The lowest BCUT2D eigenvalue weighted by Gasteiger charge is -2.32. The molecule has 0 aliphatic carbocycles. The third-order valence-electron chi connectivity index (χ3n) is 10.4. The predicted molar refractivity (Wildman–Crippen MR) is 206 cm³/mol. The van der Waals surface area contributed by atoms with Gasteiger partial charge in [-0.2, -0.15) is 0 Å². The molecule has 2 aliphatic rings. The highest BCUT2D eigenvalue weighted by molar-refractivity contribution is 5.69. The second-order valence-electron chi connectivity index (χ2n) is 14.1. The van der Waals surface area contributed by atoms with Crippen LogP contribution in [0.5, 0.6) is 0 Å². The topological polar surface area (TPSA) is 83.1 Å². The molecular formula is C44H54N4O4. The van der Waals surface area contributed by atoms with Crippen molar-refractivity contribution in [3.05, 3.63) is 144 Å². The van der Waals surface area contributed by atoms with E-state index in [1.165, 1.54) is 25.7 Å². The van der Waals surface area contributed by atoms with Crippen LogP contribution in [0.3, 0.4) is 0 Å². The van der Waals surface area contributed by atoms with Gasteiger partial charge in [0.15, 0.2) is 0 Å². The Bertz CT molecular complexity index is 1410. The zero-order valence-electron chi connectivity index (χ0n) is 30.3. The highest BCUT2D eigenvalue weighted by Gasteiger charge is 2.26.